The van der Waals surface area contributed by atoms with Crippen LogP contribution in [0, 0.1) is 34.0 Å². The summed E-state index contributed by atoms with van der Waals surface area (Å²) < 4.78 is 11.6. The van der Waals surface area contributed by atoms with Gasteiger partial charge in [0.15, 0.2) is 12.1 Å². The van der Waals surface area contributed by atoms with E-state index in [1.807, 2.05) is 0 Å². The second kappa shape index (κ2) is 5.90. The Morgan fingerprint density at radius 1 is 1.24 bits per heavy atom. The summed E-state index contributed by atoms with van der Waals surface area (Å²) in [5.74, 6) is -2.19. The Morgan fingerprint density at radius 3 is 2.66 bits per heavy atom. The minimum Gasteiger partial charge on any atom is -0.462 e. The van der Waals surface area contributed by atoms with Gasteiger partial charge in [-0.25, -0.2) is 0 Å². The molecule has 1 aliphatic heterocycles. The van der Waals surface area contributed by atoms with Crippen molar-refractivity contribution in [3.05, 3.63) is 12.2 Å². The minimum atomic E-state index is -1.52. The Morgan fingerprint density at radius 2 is 1.97 bits per heavy atom. The molecule has 0 amide bonds. The van der Waals surface area contributed by atoms with Crippen molar-refractivity contribution in [2.75, 3.05) is 6.61 Å². The molecule has 160 valence electrons. The summed E-state index contributed by atoms with van der Waals surface area (Å²) >= 11 is 0. The zero-order chi connectivity index (χ0) is 20.9. The van der Waals surface area contributed by atoms with Crippen LogP contribution >= 0.6 is 0 Å². The van der Waals surface area contributed by atoms with Gasteiger partial charge in [-0.1, -0.05) is 19.9 Å². The summed E-state index contributed by atoms with van der Waals surface area (Å²) in [5.41, 5.74) is -2.34. The molecule has 1 heterocycles. The molecular weight excluding hydrogens is 376 g/mol. The van der Waals surface area contributed by atoms with Crippen molar-refractivity contribution in [3.63, 3.8) is 0 Å². The van der Waals surface area contributed by atoms with Crippen LogP contribution < -0.4 is 0 Å². The van der Waals surface area contributed by atoms with Crippen molar-refractivity contribution in [2.45, 2.75) is 70.6 Å². The topological polar surface area (TPSA) is 113 Å². The average Bonchev–Trinajstić information content (AvgIpc) is 2.76. The van der Waals surface area contributed by atoms with Crippen LogP contribution in [-0.2, 0) is 19.1 Å². The molecule has 0 aromatic heterocycles. The van der Waals surface area contributed by atoms with Gasteiger partial charge in [0.1, 0.15) is 6.10 Å². The SMILES string of the molecule is C=C1C(=O)[C@]23[C@@H](O)C[C@H]4[C@]5(C)CCC[C@]4([C@@H](O)OC5)[C@@H]2[C@@H](OC(C)=O)C[C@@H]1[C@@H]3O. The number of hydrogen-bond donors (Lipinski definition) is 3. The monoisotopic (exact) mass is 406 g/mol. The lowest BCUT2D eigenvalue weighted by Crippen LogP contribution is -2.75. The lowest BCUT2D eigenvalue weighted by molar-refractivity contribution is -0.357. The maximum Gasteiger partial charge on any atom is 0.302 e. The quantitative estimate of drug-likeness (QED) is 0.439. The highest BCUT2D eigenvalue weighted by molar-refractivity contribution is 6.04. The molecule has 0 aromatic rings. The van der Waals surface area contributed by atoms with Gasteiger partial charge in [0.25, 0.3) is 0 Å². The van der Waals surface area contributed by atoms with Gasteiger partial charge in [0.05, 0.1) is 24.2 Å². The number of ketones is 1. The fourth-order valence-corrected chi connectivity index (χ4v) is 8.21. The number of Topliss-reactive ketones (excluding diaryl/α,β-unsaturated/α-hetero) is 1. The first kappa shape index (κ1) is 19.7. The smallest absolute Gasteiger partial charge is 0.302 e. The van der Waals surface area contributed by atoms with Crippen molar-refractivity contribution in [1.29, 1.82) is 0 Å². The normalized spacial score (nSPS) is 55.8. The van der Waals surface area contributed by atoms with Crippen LogP contribution in [0.5, 0.6) is 0 Å². The van der Waals surface area contributed by atoms with Crippen molar-refractivity contribution >= 4 is 11.8 Å². The van der Waals surface area contributed by atoms with Crippen LogP contribution in [0.4, 0.5) is 0 Å². The Bertz CT molecular complexity index is 794. The van der Waals surface area contributed by atoms with E-state index in [-0.39, 0.29) is 29.1 Å². The van der Waals surface area contributed by atoms with E-state index in [4.69, 9.17) is 9.47 Å². The summed E-state index contributed by atoms with van der Waals surface area (Å²) in [6.07, 6.45) is -1.10. The first-order chi connectivity index (χ1) is 13.6. The standard InChI is InChI=1S/C22H30O7/c1-10-12-7-13(29-11(2)23)16-21-6-4-5-20(3,9-28-19(21)27)14(21)8-15(24)22(16,17(10)25)18(12)26/h12-16,18-19,24,26-27H,1,4-9H2,2-3H3/t12-,13-,14-,15-,16-,18-,19-,20+,21+,22-/m0/s1. The predicted octanol–water partition coefficient (Wildman–Crippen LogP) is 0.946. The fourth-order valence-electron chi connectivity index (χ4n) is 8.21. The van der Waals surface area contributed by atoms with Gasteiger partial charge in [-0.2, -0.15) is 0 Å². The highest BCUT2D eigenvalue weighted by atomic mass is 16.6. The van der Waals surface area contributed by atoms with E-state index in [9.17, 15) is 24.9 Å². The molecule has 0 unspecified atom stereocenters. The molecule has 0 radical (unpaired) electrons. The van der Waals surface area contributed by atoms with E-state index >= 15 is 0 Å². The molecule has 7 heteroatoms. The molecule has 29 heavy (non-hydrogen) atoms. The molecule has 4 bridgehead atoms. The number of hydrogen-bond acceptors (Lipinski definition) is 7. The van der Waals surface area contributed by atoms with E-state index in [2.05, 4.69) is 13.5 Å². The zero-order valence-corrected chi connectivity index (χ0v) is 17.0. The molecule has 5 aliphatic rings. The van der Waals surface area contributed by atoms with Crippen LogP contribution in [0.3, 0.4) is 0 Å². The molecule has 10 atom stereocenters. The van der Waals surface area contributed by atoms with E-state index in [1.54, 1.807) is 0 Å². The summed E-state index contributed by atoms with van der Waals surface area (Å²) in [5, 5.41) is 33.9. The van der Waals surface area contributed by atoms with Crippen LogP contribution in [0.1, 0.15) is 46.0 Å². The maximum atomic E-state index is 13.5. The Labute approximate surface area is 170 Å². The van der Waals surface area contributed by atoms with Crippen LogP contribution in [0.2, 0.25) is 0 Å². The maximum absolute atomic E-state index is 13.5. The van der Waals surface area contributed by atoms with Crippen molar-refractivity contribution in [3.8, 4) is 0 Å². The van der Waals surface area contributed by atoms with Crippen molar-refractivity contribution < 1.29 is 34.4 Å². The van der Waals surface area contributed by atoms with Crippen LogP contribution in [-0.4, -0.2) is 58.3 Å². The van der Waals surface area contributed by atoms with Crippen LogP contribution in [0.25, 0.3) is 0 Å². The molecule has 4 saturated carbocycles. The molecule has 5 rings (SSSR count). The third-order valence-corrected chi connectivity index (χ3v) is 9.16. The fraction of sp³-hybridized carbons (Fsp3) is 0.818. The molecule has 5 fully saturated rings. The highest BCUT2D eigenvalue weighted by Crippen LogP contribution is 2.73. The van der Waals surface area contributed by atoms with E-state index < -0.39 is 53.2 Å². The summed E-state index contributed by atoms with van der Waals surface area (Å²) in [7, 11) is 0. The number of esters is 1. The summed E-state index contributed by atoms with van der Waals surface area (Å²) in [6.45, 7) is 7.74. The number of ether oxygens (including phenoxy) is 2. The van der Waals surface area contributed by atoms with E-state index in [0.717, 1.165) is 12.8 Å². The van der Waals surface area contributed by atoms with Crippen molar-refractivity contribution in [1.82, 2.24) is 0 Å². The predicted molar refractivity (Wildman–Crippen MR) is 100 cm³/mol. The molecule has 1 spiro atoms. The molecule has 3 N–H and O–H groups in total. The zero-order valence-electron chi connectivity index (χ0n) is 17.0. The molecule has 7 nitrogen and oxygen atoms in total. The number of aliphatic hydroxyl groups excluding tert-OH is 3. The minimum absolute atomic E-state index is 0.0957. The Balaban J connectivity index is 1.76. The highest BCUT2D eigenvalue weighted by Gasteiger charge is 2.80. The summed E-state index contributed by atoms with van der Waals surface area (Å²) in [4.78, 5) is 25.5. The van der Waals surface area contributed by atoms with Crippen LogP contribution in [0.15, 0.2) is 12.2 Å². The lowest BCUT2D eigenvalue weighted by atomic mass is 9.37. The van der Waals surface area contributed by atoms with E-state index in [0.29, 0.717) is 19.4 Å². The second-order valence-corrected chi connectivity index (χ2v) is 10.3. The van der Waals surface area contributed by atoms with Gasteiger partial charge in [-0.3, -0.25) is 9.59 Å². The molecule has 0 aromatic carbocycles. The first-order valence-corrected chi connectivity index (χ1v) is 10.7. The summed E-state index contributed by atoms with van der Waals surface area (Å²) in [6, 6.07) is 0. The Kier molecular flexibility index (Phi) is 4.00. The number of aliphatic hydroxyl groups is 3. The second-order valence-electron chi connectivity index (χ2n) is 10.3. The average molecular weight is 406 g/mol. The Hall–Kier alpha value is -1.28. The van der Waals surface area contributed by atoms with Gasteiger partial charge in [-0.15, -0.1) is 0 Å². The molecular formula is C22H30O7. The van der Waals surface area contributed by atoms with Gasteiger partial charge in [0.2, 0.25) is 0 Å². The number of carbonyl (C=O) groups excluding carboxylic acids is 2. The number of fused-ring (bicyclic) bond motifs is 1. The molecule has 4 aliphatic carbocycles. The largest absolute Gasteiger partial charge is 0.462 e. The van der Waals surface area contributed by atoms with Gasteiger partial charge in [0, 0.05) is 24.2 Å². The van der Waals surface area contributed by atoms with Gasteiger partial charge in [-0.05, 0) is 42.6 Å². The number of carbonyl (C=O) groups is 2. The first-order valence-electron chi connectivity index (χ1n) is 10.7. The third kappa shape index (κ3) is 2.07. The number of rotatable bonds is 1. The van der Waals surface area contributed by atoms with E-state index in [1.165, 1.54) is 6.92 Å². The van der Waals surface area contributed by atoms with Gasteiger partial charge < -0.3 is 24.8 Å². The van der Waals surface area contributed by atoms with Crippen molar-refractivity contribution in [2.24, 2.45) is 34.0 Å². The third-order valence-electron chi connectivity index (χ3n) is 9.16. The van der Waals surface area contributed by atoms with Gasteiger partial charge >= 0.3 is 5.97 Å². The lowest BCUT2D eigenvalue weighted by Gasteiger charge is -2.70. The molecule has 1 saturated heterocycles.